The fourth-order valence-corrected chi connectivity index (χ4v) is 1.86. The molecule has 4 N–H and O–H groups in total. The fourth-order valence-electron chi connectivity index (χ4n) is 1.86. The number of alkyl halides is 3. The summed E-state index contributed by atoms with van der Waals surface area (Å²) in [5, 5.41) is 2.66. The third kappa shape index (κ3) is 4.12. The van der Waals surface area contributed by atoms with Gasteiger partial charge in [0.15, 0.2) is 0 Å². The molecule has 0 radical (unpaired) electrons. The first-order valence-electron chi connectivity index (χ1n) is 6.28. The van der Waals surface area contributed by atoms with E-state index in [1.54, 1.807) is 0 Å². The van der Waals surface area contributed by atoms with Crippen molar-refractivity contribution in [2.45, 2.75) is 38.9 Å². The standard InChI is InChI=1S/C13H18F3N3O/c1-3-4-8(2)18-12(20)9-5-6-11(19-17)10(7-9)13(14,15)16/h5-8,19H,3-4,17H2,1-2H3,(H,18,20). The summed E-state index contributed by atoms with van der Waals surface area (Å²) >= 11 is 0. The first kappa shape index (κ1) is 16.3. The third-order valence-corrected chi connectivity index (χ3v) is 2.84. The van der Waals surface area contributed by atoms with E-state index in [1.165, 1.54) is 6.07 Å². The molecule has 1 rings (SSSR count). The van der Waals surface area contributed by atoms with Crippen LogP contribution < -0.4 is 16.6 Å². The Morgan fingerprint density at radius 2 is 2.05 bits per heavy atom. The lowest BCUT2D eigenvalue weighted by Crippen LogP contribution is -2.32. The van der Waals surface area contributed by atoms with Crippen LogP contribution in [0.25, 0.3) is 0 Å². The van der Waals surface area contributed by atoms with Crippen molar-refractivity contribution in [1.29, 1.82) is 0 Å². The highest BCUT2D eigenvalue weighted by Crippen LogP contribution is 2.35. The molecule has 1 amide bonds. The van der Waals surface area contributed by atoms with E-state index in [0.717, 1.165) is 25.0 Å². The van der Waals surface area contributed by atoms with Crippen molar-refractivity contribution in [2.24, 2.45) is 5.84 Å². The van der Waals surface area contributed by atoms with Gasteiger partial charge in [-0.25, -0.2) is 0 Å². The normalized spacial score (nSPS) is 12.9. The van der Waals surface area contributed by atoms with E-state index in [-0.39, 0.29) is 17.3 Å². The maximum Gasteiger partial charge on any atom is 0.418 e. The Morgan fingerprint density at radius 1 is 1.40 bits per heavy atom. The molecule has 4 nitrogen and oxygen atoms in total. The van der Waals surface area contributed by atoms with Crippen molar-refractivity contribution >= 4 is 11.6 Å². The van der Waals surface area contributed by atoms with E-state index in [0.29, 0.717) is 0 Å². The molecule has 0 fully saturated rings. The van der Waals surface area contributed by atoms with E-state index in [4.69, 9.17) is 5.84 Å². The van der Waals surface area contributed by atoms with Gasteiger partial charge in [-0.15, -0.1) is 0 Å². The van der Waals surface area contributed by atoms with Crippen LogP contribution in [0.3, 0.4) is 0 Å². The first-order chi connectivity index (χ1) is 9.29. The number of hydrogen-bond donors (Lipinski definition) is 3. The molecule has 0 aromatic heterocycles. The molecule has 112 valence electrons. The van der Waals surface area contributed by atoms with Crippen molar-refractivity contribution < 1.29 is 18.0 Å². The molecule has 0 spiro atoms. The molecule has 0 saturated heterocycles. The number of nitrogen functional groups attached to an aromatic ring is 1. The van der Waals surface area contributed by atoms with Crippen molar-refractivity contribution in [3.63, 3.8) is 0 Å². The maximum atomic E-state index is 12.8. The molecule has 20 heavy (non-hydrogen) atoms. The number of carbonyl (C=O) groups excluding carboxylic acids is 1. The highest BCUT2D eigenvalue weighted by atomic mass is 19.4. The van der Waals surface area contributed by atoms with E-state index in [1.807, 2.05) is 19.3 Å². The predicted molar refractivity (Wildman–Crippen MR) is 71.1 cm³/mol. The number of carbonyl (C=O) groups is 1. The molecule has 7 heteroatoms. The van der Waals surface area contributed by atoms with Crippen molar-refractivity contribution in [3.05, 3.63) is 29.3 Å². The summed E-state index contributed by atoms with van der Waals surface area (Å²) in [5.74, 6) is 4.52. The molecule has 1 aromatic rings. The summed E-state index contributed by atoms with van der Waals surface area (Å²) in [6, 6.07) is 3.15. The first-order valence-corrected chi connectivity index (χ1v) is 6.28. The van der Waals surface area contributed by atoms with Crippen molar-refractivity contribution in [1.82, 2.24) is 5.32 Å². The van der Waals surface area contributed by atoms with Crippen LogP contribution in [-0.2, 0) is 6.18 Å². The zero-order valence-electron chi connectivity index (χ0n) is 11.3. The molecule has 1 aromatic carbocycles. The molecule has 1 unspecified atom stereocenters. The van der Waals surface area contributed by atoms with E-state index >= 15 is 0 Å². The van der Waals surface area contributed by atoms with Gasteiger partial charge >= 0.3 is 6.18 Å². The van der Waals surface area contributed by atoms with Gasteiger partial charge < -0.3 is 10.7 Å². The van der Waals surface area contributed by atoms with Crippen LogP contribution in [0.4, 0.5) is 18.9 Å². The molecular formula is C13H18F3N3O. The number of hydrazine groups is 1. The Morgan fingerprint density at radius 3 is 2.55 bits per heavy atom. The lowest BCUT2D eigenvalue weighted by Gasteiger charge is -2.16. The monoisotopic (exact) mass is 289 g/mol. The molecule has 0 bridgehead atoms. The van der Waals surface area contributed by atoms with Gasteiger partial charge in [0, 0.05) is 11.6 Å². The number of nitrogens with one attached hydrogen (secondary N) is 2. The van der Waals surface area contributed by atoms with Crippen LogP contribution >= 0.6 is 0 Å². The van der Waals surface area contributed by atoms with Gasteiger partial charge in [-0.3, -0.25) is 10.6 Å². The van der Waals surface area contributed by atoms with Crippen LogP contribution in [0.5, 0.6) is 0 Å². The van der Waals surface area contributed by atoms with Gasteiger partial charge in [-0.05, 0) is 31.5 Å². The molecular weight excluding hydrogens is 271 g/mol. The van der Waals surface area contributed by atoms with Crippen LogP contribution in [0.15, 0.2) is 18.2 Å². The lowest BCUT2D eigenvalue weighted by molar-refractivity contribution is -0.137. The number of amides is 1. The molecule has 0 heterocycles. The highest BCUT2D eigenvalue weighted by Gasteiger charge is 2.34. The minimum Gasteiger partial charge on any atom is -0.350 e. The van der Waals surface area contributed by atoms with Gasteiger partial charge in [0.1, 0.15) is 0 Å². The summed E-state index contributed by atoms with van der Waals surface area (Å²) in [5.41, 5.74) is 0.705. The Kier molecular flexibility index (Phi) is 5.38. The van der Waals surface area contributed by atoms with Gasteiger partial charge in [0.2, 0.25) is 0 Å². The zero-order valence-corrected chi connectivity index (χ0v) is 11.3. The molecule has 0 saturated carbocycles. The number of benzene rings is 1. The quantitative estimate of drug-likeness (QED) is 0.577. The van der Waals surface area contributed by atoms with Crippen LogP contribution in [0.1, 0.15) is 42.6 Å². The van der Waals surface area contributed by atoms with Crippen LogP contribution in [-0.4, -0.2) is 11.9 Å². The Labute approximate surface area is 115 Å². The van der Waals surface area contributed by atoms with Gasteiger partial charge in [-0.1, -0.05) is 13.3 Å². The molecule has 1 atom stereocenters. The lowest BCUT2D eigenvalue weighted by atomic mass is 10.1. The average Bonchev–Trinajstić information content (AvgIpc) is 2.37. The van der Waals surface area contributed by atoms with E-state index < -0.39 is 17.6 Å². The van der Waals surface area contributed by atoms with E-state index in [9.17, 15) is 18.0 Å². The van der Waals surface area contributed by atoms with Gasteiger partial charge in [-0.2, -0.15) is 13.2 Å². The SMILES string of the molecule is CCCC(C)NC(=O)c1ccc(NN)c(C(F)(F)F)c1. The fraction of sp³-hybridized carbons (Fsp3) is 0.462. The smallest absolute Gasteiger partial charge is 0.350 e. The minimum absolute atomic E-state index is 0.0423. The van der Waals surface area contributed by atoms with Gasteiger partial charge in [0.25, 0.3) is 5.91 Å². The molecule has 0 aliphatic carbocycles. The number of anilines is 1. The van der Waals surface area contributed by atoms with Crippen LogP contribution in [0.2, 0.25) is 0 Å². The predicted octanol–water partition coefficient (Wildman–Crippen LogP) is 2.91. The largest absolute Gasteiger partial charge is 0.418 e. The Hall–Kier alpha value is -1.76. The zero-order chi connectivity index (χ0) is 15.3. The van der Waals surface area contributed by atoms with Gasteiger partial charge in [0.05, 0.1) is 11.3 Å². The number of halogens is 3. The third-order valence-electron chi connectivity index (χ3n) is 2.84. The maximum absolute atomic E-state index is 12.8. The summed E-state index contributed by atoms with van der Waals surface area (Å²) in [7, 11) is 0. The van der Waals surface area contributed by atoms with E-state index in [2.05, 4.69) is 5.32 Å². The summed E-state index contributed by atoms with van der Waals surface area (Å²) < 4.78 is 38.5. The van der Waals surface area contributed by atoms with Crippen molar-refractivity contribution in [2.75, 3.05) is 5.43 Å². The van der Waals surface area contributed by atoms with Crippen LogP contribution in [0, 0.1) is 0 Å². The summed E-state index contributed by atoms with van der Waals surface area (Å²) in [4.78, 5) is 11.9. The number of rotatable bonds is 5. The average molecular weight is 289 g/mol. The topological polar surface area (TPSA) is 67.2 Å². The highest BCUT2D eigenvalue weighted by molar-refractivity contribution is 5.95. The second-order valence-electron chi connectivity index (χ2n) is 4.57. The summed E-state index contributed by atoms with van der Waals surface area (Å²) in [6.45, 7) is 3.77. The number of hydrogen-bond acceptors (Lipinski definition) is 3. The minimum atomic E-state index is -4.58. The summed E-state index contributed by atoms with van der Waals surface area (Å²) in [6.07, 6.45) is -2.93. The Bertz CT molecular complexity index is 474. The second kappa shape index (κ2) is 6.60. The molecule has 0 aliphatic rings. The second-order valence-corrected chi connectivity index (χ2v) is 4.57. The molecule has 0 aliphatic heterocycles. The van der Waals surface area contributed by atoms with Crippen molar-refractivity contribution in [3.8, 4) is 0 Å². The Balaban J connectivity index is 3.00. The number of nitrogens with two attached hydrogens (primary N) is 1.